The number of benzene rings is 3. The molecule has 0 aromatic heterocycles. The zero-order chi connectivity index (χ0) is 21.1. The Balaban J connectivity index is 1.39. The number of carbonyl (C=O) groups excluding carboxylic acids is 2. The van der Waals surface area contributed by atoms with Crippen LogP contribution in [0.3, 0.4) is 0 Å². The van der Waals surface area contributed by atoms with Crippen molar-refractivity contribution in [1.29, 1.82) is 0 Å². The van der Waals surface area contributed by atoms with Crippen molar-refractivity contribution in [2.75, 3.05) is 6.54 Å². The number of aryl methyl sites for hydroxylation is 2. The van der Waals surface area contributed by atoms with E-state index in [2.05, 4.69) is 68.5 Å². The average molecular weight is 396 g/mol. The van der Waals surface area contributed by atoms with E-state index in [0.29, 0.717) is 17.7 Å². The molecular weight excluding hydrogens is 370 g/mol. The van der Waals surface area contributed by atoms with Crippen LogP contribution in [-0.2, 0) is 6.42 Å². The van der Waals surface area contributed by atoms with Gasteiger partial charge in [0.05, 0.1) is 11.1 Å². The Labute approximate surface area is 177 Å². The highest BCUT2D eigenvalue weighted by atomic mass is 16.2. The van der Waals surface area contributed by atoms with Crippen LogP contribution in [0.15, 0.2) is 66.7 Å². The summed E-state index contributed by atoms with van der Waals surface area (Å²) in [6.45, 7) is 4.71. The number of hydrogen-bond acceptors (Lipinski definition) is 2. The Bertz CT molecular complexity index is 1110. The molecule has 2 amide bonds. The summed E-state index contributed by atoms with van der Waals surface area (Å²) in [5.41, 5.74) is 7.20. The van der Waals surface area contributed by atoms with Crippen LogP contribution in [0.4, 0.5) is 0 Å². The normalized spacial score (nSPS) is 13.3. The number of amides is 2. The van der Waals surface area contributed by atoms with E-state index in [4.69, 9.17) is 0 Å². The predicted octanol–water partition coefficient (Wildman–Crippen LogP) is 5.70. The lowest BCUT2D eigenvalue weighted by Gasteiger charge is -2.13. The molecule has 1 aliphatic rings. The van der Waals surface area contributed by atoms with Crippen molar-refractivity contribution in [3.8, 4) is 0 Å². The summed E-state index contributed by atoms with van der Waals surface area (Å²) in [4.78, 5) is 26.3. The van der Waals surface area contributed by atoms with Crippen molar-refractivity contribution >= 4 is 24.0 Å². The Morgan fingerprint density at radius 1 is 0.800 bits per heavy atom. The van der Waals surface area contributed by atoms with Crippen molar-refractivity contribution in [1.82, 2.24) is 4.90 Å². The van der Waals surface area contributed by atoms with Crippen LogP contribution in [0.25, 0.3) is 12.2 Å². The molecule has 0 fully saturated rings. The van der Waals surface area contributed by atoms with Gasteiger partial charge < -0.3 is 0 Å². The molecule has 0 aliphatic carbocycles. The second-order valence-corrected chi connectivity index (χ2v) is 7.78. The largest absolute Gasteiger partial charge is 0.274 e. The van der Waals surface area contributed by atoms with Crippen molar-refractivity contribution in [3.05, 3.63) is 106 Å². The highest BCUT2D eigenvalue weighted by Gasteiger charge is 2.34. The number of rotatable bonds is 6. The Morgan fingerprint density at radius 3 is 2.23 bits per heavy atom. The standard InChI is InChI=1S/C27H25NO2/c1-19-8-5-12-23(20(19)2)16-15-22-10-6-9-21(18-22)11-7-17-28-26(29)24-13-3-4-14-25(24)27(28)30/h3-6,8-10,12-16,18H,7,11,17H2,1-2H3. The van der Waals surface area contributed by atoms with E-state index < -0.39 is 0 Å². The summed E-state index contributed by atoms with van der Waals surface area (Å²) < 4.78 is 0. The fourth-order valence-corrected chi connectivity index (χ4v) is 3.88. The van der Waals surface area contributed by atoms with Crippen molar-refractivity contribution < 1.29 is 9.59 Å². The van der Waals surface area contributed by atoms with Gasteiger partial charge in [-0.1, -0.05) is 66.7 Å². The van der Waals surface area contributed by atoms with Gasteiger partial charge in [-0.2, -0.15) is 0 Å². The average Bonchev–Trinajstić information content (AvgIpc) is 3.00. The van der Waals surface area contributed by atoms with E-state index in [1.807, 2.05) is 0 Å². The third-order valence-electron chi connectivity index (χ3n) is 5.78. The molecule has 0 unspecified atom stereocenters. The van der Waals surface area contributed by atoms with Gasteiger partial charge in [0.25, 0.3) is 11.8 Å². The van der Waals surface area contributed by atoms with Crippen molar-refractivity contribution in [2.24, 2.45) is 0 Å². The van der Waals surface area contributed by atoms with Crippen molar-refractivity contribution in [3.63, 3.8) is 0 Å². The molecular formula is C27H25NO2. The molecule has 3 aromatic rings. The number of nitrogens with zero attached hydrogens (tertiary/aromatic N) is 1. The maximum Gasteiger partial charge on any atom is 0.261 e. The van der Waals surface area contributed by atoms with Crippen LogP contribution in [0, 0.1) is 13.8 Å². The summed E-state index contributed by atoms with van der Waals surface area (Å²) in [5.74, 6) is -0.360. The van der Waals surface area contributed by atoms with Crippen LogP contribution < -0.4 is 0 Å². The first kappa shape index (κ1) is 19.8. The van der Waals surface area contributed by atoms with Gasteiger partial charge in [-0.15, -0.1) is 0 Å². The summed E-state index contributed by atoms with van der Waals surface area (Å²) in [6.07, 6.45) is 5.85. The molecule has 30 heavy (non-hydrogen) atoms. The van der Waals surface area contributed by atoms with Gasteiger partial charge in [0, 0.05) is 6.54 Å². The van der Waals surface area contributed by atoms with Gasteiger partial charge in [0.1, 0.15) is 0 Å². The lowest BCUT2D eigenvalue weighted by Crippen LogP contribution is -2.30. The zero-order valence-corrected chi connectivity index (χ0v) is 17.4. The number of hydrogen-bond donors (Lipinski definition) is 0. The van der Waals surface area contributed by atoms with Crippen LogP contribution in [0.2, 0.25) is 0 Å². The molecule has 1 heterocycles. The Hall–Kier alpha value is -3.46. The fraction of sp³-hybridized carbons (Fsp3) is 0.185. The van der Waals surface area contributed by atoms with E-state index in [1.54, 1.807) is 24.3 Å². The Morgan fingerprint density at radius 2 is 1.50 bits per heavy atom. The quantitative estimate of drug-likeness (QED) is 0.396. The highest BCUT2D eigenvalue weighted by Crippen LogP contribution is 2.23. The lowest BCUT2D eigenvalue weighted by molar-refractivity contribution is 0.0652. The van der Waals surface area contributed by atoms with Gasteiger partial charge in [0.2, 0.25) is 0 Å². The van der Waals surface area contributed by atoms with Crippen LogP contribution in [0.5, 0.6) is 0 Å². The van der Waals surface area contributed by atoms with Crippen LogP contribution >= 0.6 is 0 Å². The Kier molecular flexibility index (Phi) is 5.62. The molecule has 4 rings (SSSR count). The topological polar surface area (TPSA) is 37.4 Å². The summed E-state index contributed by atoms with van der Waals surface area (Å²) in [5, 5.41) is 0. The molecule has 0 saturated carbocycles. The summed E-state index contributed by atoms with van der Waals surface area (Å²) in [7, 11) is 0. The number of fused-ring (bicyclic) bond motifs is 1. The fourth-order valence-electron chi connectivity index (χ4n) is 3.88. The third kappa shape index (κ3) is 3.97. The molecule has 1 aliphatic heterocycles. The first-order chi connectivity index (χ1) is 14.5. The second kappa shape index (κ2) is 8.50. The molecule has 3 heteroatoms. The first-order valence-electron chi connectivity index (χ1n) is 10.3. The van der Waals surface area contributed by atoms with Gasteiger partial charge in [-0.3, -0.25) is 14.5 Å². The van der Waals surface area contributed by atoms with Gasteiger partial charge in [0.15, 0.2) is 0 Å². The maximum absolute atomic E-state index is 12.5. The summed E-state index contributed by atoms with van der Waals surface area (Å²) in [6, 6.07) is 21.8. The second-order valence-electron chi connectivity index (χ2n) is 7.78. The van der Waals surface area contributed by atoms with Gasteiger partial charge in [-0.05, 0) is 66.6 Å². The minimum Gasteiger partial charge on any atom is -0.274 e. The van der Waals surface area contributed by atoms with Crippen molar-refractivity contribution in [2.45, 2.75) is 26.7 Å². The molecule has 0 N–H and O–H groups in total. The molecule has 0 radical (unpaired) electrons. The molecule has 3 nitrogen and oxygen atoms in total. The minimum atomic E-state index is -0.180. The lowest BCUT2D eigenvalue weighted by atomic mass is 10.0. The minimum absolute atomic E-state index is 0.180. The highest BCUT2D eigenvalue weighted by molar-refractivity contribution is 6.21. The van der Waals surface area contributed by atoms with E-state index in [1.165, 1.54) is 27.2 Å². The molecule has 150 valence electrons. The number of imide groups is 1. The number of carbonyl (C=O) groups is 2. The van der Waals surface area contributed by atoms with E-state index in [0.717, 1.165) is 18.4 Å². The van der Waals surface area contributed by atoms with Gasteiger partial charge >= 0.3 is 0 Å². The van der Waals surface area contributed by atoms with E-state index >= 15 is 0 Å². The monoisotopic (exact) mass is 395 g/mol. The summed E-state index contributed by atoms with van der Waals surface area (Å²) >= 11 is 0. The van der Waals surface area contributed by atoms with E-state index in [9.17, 15) is 9.59 Å². The molecule has 0 saturated heterocycles. The van der Waals surface area contributed by atoms with E-state index in [-0.39, 0.29) is 11.8 Å². The zero-order valence-electron chi connectivity index (χ0n) is 17.4. The SMILES string of the molecule is Cc1cccc(C=Cc2cccc(CCCN3C(=O)c4ccccc4C3=O)c2)c1C. The maximum atomic E-state index is 12.5. The van der Waals surface area contributed by atoms with Crippen LogP contribution in [0.1, 0.15) is 55.0 Å². The molecule has 0 spiro atoms. The predicted molar refractivity (Wildman–Crippen MR) is 121 cm³/mol. The molecule has 3 aromatic carbocycles. The molecule has 0 atom stereocenters. The molecule has 0 bridgehead atoms. The first-order valence-corrected chi connectivity index (χ1v) is 10.3. The van der Waals surface area contributed by atoms with Crippen LogP contribution in [-0.4, -0.2) is 23.3 Å². The third-order valence-corrected chi connectivity index (χ3v) is 5.78. The smallest absolute Gasteiger partial charge is 0.261 e. The van der Waals surface area contributed by atoms with Gasteiger partial charge in [-0.25, -0.2) is 0 Å².